The molecule has 1 saturated carbocycles. The molecule has 2 aliphatic rings. The molecule has 5 rings (SSSR count). The number of hydrogen-bond donors (Lipinski definition) is 1. The lowest BCUT2D eigenvalue weighted by Crippen LogP contribution is -2.65. The van der Waals surface area contributed by atoms with Crippen molar-refractivity contribution in [3.8, 4) is 0 Å². The standard InChI is InChI=1S/C28H33N3O2/c1-19-14-20(2)16-23(15-19)31-26(32)25-17-21-10-8-9-13-24(21)30(25)18-28(31,3)27(33)29-22-11-6-4-5-7-12-22/h8-10,13-17,22H,4-7,11-12,18H2,1-3H3,(H,29,33)/t28-/m1/s1. The Morgan fingerprint density at radius 1 is 0.970 bits per heavy atom. The van der Waals surface area contributed by atoms with Gasteiger partial charge in [-0.05, 0) is 69.0 Å². The molecular weight excluding hydrogens is 410 g/mol. The second-order valence-electron chi connectivity index (χ2n) is 10.1. The lowest BCUT2D eigenvalue weighted by molar-refractivity contribution is -0.127. The summed E-state index contributed by atoms with van der Waals surface area (Å²) in [6, 6.07) is 16.3. The minimum atomic E-state index is -1.03. The number of benzene rings is 2. The van der Waals surface area contributed by atoms with E-state index >= 15 is 0 Å². The third-order valence-corrected chi connectivity index (χ3v) is 7.34. The van der Waals surface area contributed by atoms with E-state index in [-0.39, 0.29) is 17.9 Å². The first kappa shape index (κ1) is 21.7. The Balaban J connectivity index is 1.61. The lowest BCUT2D eigenvalue weighted by atomic mass is 9.92. The van der Waals surface area contributed by atoms with E-state index in [4.69, 9.17) is 0 Å². The fourth-order valence-electron chi connectivity index (χ4n) is 5.70. The van der Waals surface area contributed by atoms with Crippen molar-refractivity contribution in [3.05, 3.63) is 65.4 Å². The molecular formula is C28H33N3O2. The molecule has 1 aliphatic heterocycles. The summed E-state index contributed by atoms with van der Waals surface area (Å²) in [7, 11) is 0. The summed E-state index contributed by atoms with van der Waals surface area (Å²) in [5, 5.41) is 4.37. The molecule has 3 aromatic rings. The van der Waals surface area contributed by atoms with E-state index in [0.29, 0.717) is 12.2 Å². The molecule has 0 saturated heterocycles. The predicted molar refractivity (Wildman–Crippen MR) is 133 cm³/mol. The molecule has 0 spiro atoms. The van der Waals surface area contributed by atoms with E-state index in [1.807, 2.05) is 67.8 Å². The third-order valence-electron chi connectivity index (χ3n) is 7.34. The first-order valence-corrected chi connectivity index (χ1v) is 12.2. The molecule has 1 N–H and O–H groups in total. The fraction of sp³-hybridized carbons (Fsp3) is 0.429. The number of aryl methyl sites for hydroxylation is 2. The number of nitrogens with one attached hydrogen (secondary N) is 1. The summed E-state index contributed by atoms with van der Waals surface area (Å²) in [4.78, 5) is 29.7. The number of para-hydroxylation sites is 1. The van der Waals surface area contributed by atoms with Crippen molar-refractivity contribution in [3.63, 3.8) is 0 Å². The van der Waals surface area contributed by atoms with Crippen molar-refractivity contribution in [1.29, 1.82) is 0 Å². The molecule has 1 fully saturated rings. The maximum atomic E-state index is 14.0. The van der Waals surface area contributed by atoms with Gasteiger partial charge in [-0.3, -0.25) is 14.5 Å². The minimum Gasteiger partial charge on any atom is -0.351 e. The van der Waals surface area contributed by atoms with Crippen molar-refractivity contribution >= 4 is 28.4 Å². The van der Waals surface area contributed by atoms with Crippen LogP contribution in [-0.2, 0) is 11.3 Å². The van der Waals surface area contributed by atoms with Crippen LogP contribution >= 0.6 is 0 Å². The van der Waals surface area contributed by atoms with Gasteiger partial charge in [-0.25, -0.2) is 0 Å². The second-order valence-corrected chi connectivity index (χ2v) is 10.1. The highest BCUT2D eigenvalue weighted by Crippen LogP contribution is 2.37. The van der Waals surface area contributed by atoms with Crippen molar-refractivity contribution in [2.24, 2.45) is 0 Å². The molecule has 1 atom stereocenters. The SMILES string of the molecule is Cc1cc(C)cc(N2C(=O)c3cc4ccccc4n3C[C@]2(C)C(=O)NC2CCCCCC2)c1. The molecule has 2 amide bonds. The van der Waals surface area contributed by atoms with Gasteiger partial charge in [0.2, 0.25) is 5.91 Å². The van der Waals surface area contributed by atoms with E-state index in [1.165, 1.54) is 12.8 Å². The zero-order valence-corrected chi connectivity index (χ0v) is 19.9. The van der Waals surface area contributed by atoms with Crippen LogP contribution in [0.4, 0.5) is 5.69 Å². The smallest absolute Gasteiger partial charge is 0.275 e. The average molecular weight is 444 g/mol. The summed E-state index contributed by atoms with van der Waals surface area (Å²) < 4.78 is 2.03. The molecule has 1 aromatic heterocycles. The maximum Gasteiger partial charge on any atom is 0.275 e. The third kappa shape index (κ3) is 3.84. The summed E-state index contributed by atoms with van der Waals surface area (Å²) in [5.41, 5.74) is 3.54. The van der Waals surface area contributed by atoms with E-state index in [2.05, 4.69) is 11.4 Å². The van der Waals surface area contributed by atoms with Crippen molar-refractivity contribution in [1.82, 2.24) is 9.88 Å². The number of anilines is 1. The van der Waals surface area contributed by atoms with Crippen molar-refractivity contribution < 1.29 is 9.59 Å². The van der Waals surface area contributed by atoms with E-state index in [1.54, 1.807) is 4.90 Å². The normalized spacial score (nSPS) is 21.7. The molecule has 5 heteroatoms. The summed E-state index contributed by atoms with van der Waals surface area (Å²) in [6.45, 7) is 6.41. The average Bonchev–Trinajstić information content (AvgIpc) is 2.94. The summed E-state index contributed by atoms with van der Waals surface area (Å²) >= 11 is 0. The van der Waals surface area contributed by atoms with Gasteiger partial charge in [0, 0.05) is 22.6 Å². The van der Waals surface area contributed by atoms with E-state index in [0.717, 1.165) is 53.4 Å². The van der Waals surface area contributed by atoms with Crippen LogP contribution in [0.5, 0.6) is 0 Å². The molecule has 5 nitrogen and oxygen atoms in total. The molecule has 172 valence electrons. The quantitative estimate of drug-likeness (QED) is 0.542. The van der Waals surface area contributed by atoms with Gasteiger partial charge in [-0.15, -0.1) is 0 Å². The molecule has 33 heavy (non-hydrogen) atoms. The highest BCUT2D eigenvalue weighted by atomic mass is 16.2. The highest BCUT2D eigenvalue weighted by molar-refractivity contribution is 6.14. The predicted octanol–water partition coefficient (Wildman–Crippen LogP) is 5.52. The fourth-order valence-corrected chi connectivity index (χ4v) is 5.70. The first-order chi connectivity index (χ1) is 15.9. The summed E-state index contributed by atoms with van der Waals surface area (Å²) in [5.74, 6) is -0.189. The van der Waals surface area contributed by atoms with Gasteiger partial charge in [0.25, 0.3) is 5.91 Å². The topological polar surface area (TPSA) is 54.3 Å². The Hall–Kier alpha value is -3.08. The first-order valence-electron chi connectivity index (χ1n) is 12.2. The Kier molecular flexibility index (Phi) is 5.51. The van der Waals surface area contributed by atoms with Crippen molar-refractivity contribution in [2.45, 2.75) is 77.4 Å². The van der Waals surface area contributed by atoms with Gasteiger partial charge in [0.1, 0.15) is 11.2 Å². The van der Waals surface area contributed by atoms with E-state index in [9.17, 15) is 9.59 Å². The van der Waals surface area contributed by atoms with Crippen LogP contribution in [0.2, 0.25) is 0 Å². The summed E-state index contributed by atoms with van der Waals surface area (Å²) in [6.07, 6.45) is 6.78. The van der Waals surface area contributed by atoms with E-state index < -0.39 is 5.54 Å². The number of amides is 2. The zero-order chi connectivity index (χ0) is 23.2. The van der Waals surface area contributed by atoms with Crippen LogP contribution in [0.1, 0.15) is 67.1 Å². The van der Waals surface area contributed by atoms with Crippen LogP contribution in [0, 0.1) is 13.8 Å². The van der Waals surface area contributed by atoms with Gasteiger partial charge >= 0.3 is 0 Å². The lowest BCUT2D eigenvalue weighted by Gasteiger charge is -2.44. The minimum absolute atomic E-state index is 0.0645. The number of carbonyl (C=O) groups excluding carboxylic acids is 2. The molecule has 2 aromatic carbocycles. The van der Waals surface area contributed by atoms with Crippen LogP contribution in [-0.4, -0.2) is 28.0 Å². The zero-order valence-electron chi connectivity index (χ0n) is 19.9. The second kappa shape index (κ2) is 8.36. The maximum absolute atomic E-state index is 14.0. The molecule has 1 aliphatic carbocycles. The number of carbonyl (C=O) groups is 2. The van der Waals surface area contributed by atoms with Crippen LogP contribution in [0.3, 0.4) is 0 Å². The largest absolute Gasteiger partial charge is 0.351 e. The Morgan fingerprint density at radius 2 is 1.64 bits per heavy atom. The van der Waals surface area contributed by atoms with Crippen molar-refractivity contribution in [2.75, 3.05) is 4.90 Å². The van der Waals surface area contributed by atoms with Crippen LogP contribution in [0.25, 0.3) is 10.9 Å². The van der Waals surface area contributed by atoms with Gasteiger partial charge in [0.05, 0.1) is 6.54 Å². The van der Waals surface area contributed by atoms with Gasteiger partial charge in [0.15, 0.2) is 0 Å². The number of fused-ring (bicyclic) bond motifs is 3. The Labute approximate surface area is 195 Å². The highest BCUT2D eigenvalue weighted by Gasteiger charge is 2.49. The van der Waals surface area contributed by atoms with Crippen LogP contribution in [0.15, 0.2) is 48.5 Å². The number of rotatable bonds is 3. The number of hydrogen-bond acceptors (Lipinski definition) is 2. The Bertz CT molecular complexity index is 1200. The molecule has 0 unspecified atom stereocenters. The van der Waals surface area contributed by atoms with Gasteiger partial charge in [-0.2, -0.15) is 0 Å². The molecule has 2 heterocycles. The van der Waals surface area contributed by atoms with Gasteiger partial charge in [-0.1, -0.05) is 49.9 Å². The number of aromatic nitrogens is 1. The Morgan fingerprint density at radius 3 is 2.33 bits per heavy atom. The molecule has 0 bridgehead atoms. The monoisotopic (exact) mass is 443 g/mol. The number of nitrogens with zero attached hydrogens (tertiary/aromatic N) is 2. The molecule has 0 radical (unpaired) electrons. The van der Waals surface area contributed by atoms with Gasteiger partial charge < -0.3 is 9.88 Å². The van der Waals surface area contributed by atoms with Crippen LogP contribution < -0.4 is 10.2 Å².